The number of phenolic OH excluding ortho intramolecular Hbond substituents is 1. The first-order valence-electron chi connectivity index (χ1n) is 6.47. The second-order valence-corrected chi connectivity index (χ2v) is 5.91. The predicted octanol–water partition coefficient (Wildman–Crippen LogP) is 1.57. The molecule has 0 spiro atoms. The third kappa shape index (κ3) is 2.93. The van der Waals surface area contributed by atoms with Gasteiger partial charge in [-0.05, 0) is 42.5 Å². The number of carbonyl (C=O) groups excluding carboxylic acids is 1. The highest BCUT2D eigenvalue weighted by Gasteiger charge is 2.30. The molecule has 21 heavy (non-hydrogen) atoms. The van der Waals surface area contributed by atoms with E-state index in [4.69, 9.17) is 0 Å². The fraction of sp³-hybridized carbons (Fsp3) is 0.286. The van der Waals surface area contributed by atoms with E-state index in [0.717, 1.165) is 12.1 Å². The van der Waals surface area contributed by atoms with Crippen LogP contribution >= 0.6 is 11.8 Å². The third-order valence-electron chi connectivity index (χ3n) is 3.32. The largest absolute Gasteiger partial charge is 0.507 e. The number of amides is 1. The van der Waals surface area contributed by atoms with Crippen molar-refractivity contribution >= 4 is 28.9 Å². The summed E-state index contributed by atoms with van der Waals surface area (Å²) in [5.74, 6) is -0.999. The van der Waals surface area contributed by atoms with Gasteiger partial charge < -0.3 is 15.1 Å². The van der Waals surface area contributed by atoms with Crippen LogP contribution in [0.3, 0.4) is 0 Å². The standard InChI is InChI=1S/C14H13FN2O3S/c15-9-1-2-11(19)8(5-9)6-12-13(20)16-14(21-12)17-4-3-10(18)7-17/h1-2,5-6,10,18-19H,3-4,7H2/b12-6-/t10-/m1/s1. The monoisotopic (exact) mass is 308 g/mol. The zero-order valence-corrected chi connectivity index (χ0v) is 11.8. The number of aliphatic imine (C=N–C) groups is 1. The van der Waals surface area contributed by atoms with Crippen LogP contribution < -0.4 is 0 Å². The molecule has 2 heterocycles. The van der Waals surface area contributed by atoms with Crippen LogP contribution in [0.15, 0.2) is 28.1 Å². The smallest absolute Gasteiger partial charge is 0.286 e. The number of rotatable bonds is 1. The molecule has 1 saturated heterocycles. The van der Waals surface area contributed by atoms with Crippen molar-refractivity contribution in [1.29, 1.82) is 0 Å². The van der Waals surface area contributed by atoms with Crippen molar-refractivity contribution in [3.05, 3.63) is 34.5 Å². The second-order valence-electron chi connectivity index (χ2n) is 4.90. The number of hydrogen-bond donors (Lipinski definition) is 2. The Morgan fingerprint density at radius 2 is 2.29 bits per heavy atom. The molecule has 1 fully saturated rings. The lowest BCUT2D eigenvalue weighted by molar-refractivity contribution is -0.113. The van der Waals surface area contributed by atoms with Gasteiger partial charge in [-0.3, -0.25) is 4.79 Å². The molecule has 1 aromatic rings. The van der Waals surface area contributed by atoms with Gasteiger partial charge in [0, 0.05) is 18.7 Å². The number of carbonyl (C=O) groups is 1. The van der Waals surface area contributed by atoms with E-state index in [1.807, 2.05) is 4.90 Å². The summed E-state index contributed by atoms with van der Waals surface area (Å²) in [5, 5.41) is 19.7. The molecule has 0 aliphatic carbocycles. The van der Waals surface area contributed by atoms with Crippen LogP contribution in [0.2, 0.25) is 0 Å². The molecule has 1 atom stereocenters. The van der Waals surface area contributed by atoms with Gasteiger partial charge in [0.05, 0.1) is 11.0 Å². The van der Waals surface area contributed by atoms with E-state index < -0.39 is 17.8 Å². The summed E-state index contributed by atoms with van der Waals surface area (Å²) in [6.07, 6.45) is 1.68. The summed E-state index contributed by atoms with van der Waals surface area (Å²) < 4.78 is 13.2. The molecule has 0 aromatic heterocycles. The summed E-state index contributed by atoms with van der Waals surface area (Å²) in [7, 11) is 0. The van der Waals surface area contributed by atoms with Gasteiger partial charge in [0.2, 0.25) is 0 Å². The number of phenols is 1. The number of β-amino-alcohol motifs (C(OH)–C–C–N with tert-alkyl or cyclic N) is 1. The first-order chi connectivity index (χ1) is 10.0. The fourth-order valence-electron chi connectivity index (χ4n) is 2.23. The maximum atomic E-state index is 13.2. The van der Waals surface area contributed by atoms with Gasteiger partial charge in [-0.2, -0.15) is 4.99 Å². The van der Waals surface area contributed by atoms with Crippen LogP contribution in [0.4, 0.5) is 4.39 Å². The number of nitrogens with zero attached hydrogens (tertiary/aromatic N) is 2. The van der Waals surface area contributed by atoms with E-state index in [1.54, 1.807) is 0 Å². The maximum Gasteiger partial charge on any atom is 0.286 e. The normalized spacial score (nSPS) is 24.0. The summed E-state index contributed by atoms with van der Waals surface area (Å²) in [4.78, 5) is 18.0. The number of aromatic hydroxyl groups is 1. The Morgan fingerprint density at radius 1 is 1.48 bits per heavy atom. The second kappa shape index (κ2) is 5.50. The molecule has 2 N–H and O–H groups in total. The van der Waals surface area contributed by atoms with Crippen molar-refractivity contribution in [1.82, 2.24) is 4.90 Å². The van der Waals surface area contributed by atoms with E-state index in [1.165, 1.54) is 23.9 Å². The molecule has 0 bridgehead atoms. The van der Waals surface area contributed by atoms with Crippen molar-refractivity contribution in [3.63, 3.8) is 0 Å². The van der Waals surface area contributed by atoms with Gasteiger partial charge in [-0.15, -0.1) is 0 Å². The molecule has 0 saturated carbocycles. The highest BCUT2D eigenvalue weighted by molar-refractivity contribution is 8.18. The number of halogens is 1. The van der Waals surface area contributed by atoms with Crippen molar-refractivity contribution in [3.8, 4) is 5.75 Å². The number of hydrogen-bond acceptors (Lipinski definition) is 5. The zero-order chi connectivity index (χ0) is 15.0. The number of aliphatic hydroxyl groups is 1. The highest BCUT2D eigenvalue weighted by atomic mass is 32.2. The van der Waals surface area contributed by atoms with E-state index in [0.29, 0.717) is 29.6 Å². The van der Waals surface area contributed by atoms with Gasteiger partial charge in [-0.1, -0.05) is 0 Å². The van der Waals surface area contributed by atoms with E-state index in [9.17, 15) is 19.4 Å². The number of thioether (sulfide) groups is 1. The lowest BCUT2D eigenvalue weighted by Gasteiger charge is -2.15. The fourth-order valence-corrected chi connectivity index (χ4v) is 3.17. The van der Waals surface area contributed by atoms with Gasteiger partial charge in [0.1, 0.15) is 11.6 Å². The molecule has 1 amide bonds. The van der Waals surface area contributed by atoms with Gasteiger partial charge >= 0.3 is 0 Å². The first kappa shape index (κ1) is 14.1. The maximum absolute atomic E-state index is 13.2. The first-order valence-corrected chi connectivity index (χ1v) is 7.28. The van der Waals surface area contributed by atoms with Crippen molar-refractivity contribution in [2.75, 3.05) is 13.1 Å². The summed E-state index contributed by atoms with van der Waals surface area (Å²) in [5.41, 5.74) is 0.240. The van der Waals surface area contributed by atoms with Crippen LogP contribution in [0.25, 0.3) is 6.08 Å². The van der Waals surface area contributed by atoms with Crippen LogP contribution in [0.1, 0.15) is 12.0 Å². The van der Waals surface area contributed by atoms with Crippen molar-refractivity contribution in [2.24, 2.45) is 4.99 Å². The Labute approximate surface area is 124 Å². The Morgan fingerprint density at radius 3 is 3.00 bits per heavy atom. The molecular weight excluding hydrogens is 295 g/mol. The Hall–Kier alpha value is -1.86. The zero-order valence-electron chi connectivity index (χ0n) is 11.0. The summed E-state index contributed by atoms with van der Waals surface area (Å²) in [6, 6.07) is 3.55. The van der Waals surface area contributed by atoms with Crippen LogP contribution in [0.5, 0.6) is 5.75 Å². The molecular formula is C14H13FN2O3S. The minimum Gasteiger partial charge on any atom is -0.507 e. The van der Waals surface area contributed by atoms with Gasteiger partial charge in [0.15, 0.2) is 5.17 Å². The minimum absolute atomic E-state index is 0.0951. The number of likely N-dealkylation sites (tertiary alicyclic amines) is 1. The molecule has 2 aliphatic rings. The van der Waals surface area contributed by atoms with Crippen molar-refractivity contribution < 1.29 is 19.4 Å². The number of aliphatic hydroxyl groups excluding tert-OH is 1. The molecule has 2 aliphatic heterocycles. The molecule has 110 valence electrons. The SMILES string of the molecule is O=C1N=C(N2CC[C@@H](O)C2)S/C1=C\c1cc(F)ccc1O. The Kier molecular flexibility index (Phi) is 3.69. The van der Waals surface area contributed by atoms with Crippen molar-refractivity contribution in [2.45, 2.75) is 12.5 Å². The van der Waals surface area contributed by atoms with Gasteiger partial charge in [0.25, 0.3) is 5.91 Å². The van der Waals surface area contributed by atoms with Crippen LogP contribution in [-0.4, -0.2) is 45.4 Å². The molecule has 3 rings (SSSR count). The number of amidine groups is 1. The van der Waals surface area contributed by atoms with E-state index in [2.05, 4.69) is 4.99 Å². The highest BCUT2D eigenvalue weighted by Crippen LogP contribution is 2.33. The van der Waals surface area contributed by atoms with Gasteiger partial charge in [-0.25, -0.2) is 4.39 Å². The van der Waals surface area contributed by atoms with E-state index >= 15 is 0 Å². The molecule has 0 unspecified atom stereocenters. The Balaban J connectivity index is 1.81. The number of benzene rings is 1. The molecule has 5 nitrogen and oxygen atoms in total. The quantitative estimate of drug-likeness (QED) is 0.770. The predicted molar refractivity (Wildman–Crippen MR) is 78.3 cm³/mol. The summed E-state index contributed by atoms with van der Waals surface area (Å²) in [6.45, 7) is 1.11. The van der Waals surface area contributed by atoms with Crippen LogP contribution in [-0.2, 0) is 4.79 Å². The van der Waals surface area contributed by atoms with E-state index in [-0.39, 0.29) is 11.3 Å². The average Bonchev–Trinajstić information content (AvgIpc) is 3.01. The lowest BCUT2D eigenvalue weighted by atomic mass is 10.2. The molecule has 0 radical (unpaired) electrons. The lowest BCUT2D eigenvalue weighted by Crippen LogP contribution is -2.26. The van der Waals surface area contributed by atoms with Crippen LogP contribution in [0, 0.1) is 5.82 Å². The average molecular weight is 308 g/mol. The minimum atomic E-state index is -0.487. The summed E-state index contributed by atoms with van der Waals surface area (Å²) >= 11 is 1.17. The topological polar surface area (TPSA) is 73.1 Å². The Bertz CT molecular complexity index is 660. The third-order valence-corrected chi connectivity index (χ3v) is 4.36. The molecule has 7 heteroatoms. The molecule has 1 aromatic carbocycles.